The van der Waals surface area contributed by atoms with Gasteiger partial charge in [-0.1, -0.05) is 35.3 Å². The lowest BCUT2D eigenvalue weighted by Gasteiger charge is -2.11. The van der Waals surface area contributed by atoms with Crippen molar-refractivity contribution in [1.82, 2.24) is 29.9 Å². The van der Waals surface area contributed by atoms with Crippen LogP contribution in [0.5, 0.6) is 0 Å². The van der Waals surface area contributed by atoms with E-state index < -0.39 is 7.12 Å². The van der Waals surface area contributed by atoms with Gasteiger partial charge in [-0.3, -0.25) is 0 Å². The van der Waals surface area contributed by atoms with Crippen molar-refractivity contribution in [2.45, 2.75) is 13.8 Å². The normalized spacial score (nSPS) is 9.95. The van der Waals surface area contributed by atoms with Gasteiger partial charge in [-0.05, 0) is 91.6 Å². The van der Waals surface area contributed by atoms with Crippen molar-refractivity contribution in [2.75, 3.05) is 47.4 Å². The molecule has 6 N–H and O–H groups in total. The Balaban J connectivity index is 0.000000205. The van der Waals surface area contributed by atoms with Gasteiger partial charge in [0.1, 0.15) is 35.4 Å². The van der Waals surface area contributed by atoms with Gasteiger partial charge in [0, 0.05) is 77.7 Å². The summed E-state index contributed by atoms with van der Waals surface area (Å²) in [7, 11) is -1.41. The Morgan fingerprint density at radius 3 is 1.50 bits per heavy atom. The van der Waals surface area contributed by atoms with Gasteiger partial charge >= 0.3 is 7.12 Å². The molecule has 0 bridgehead atoms. The maximum absolute atomic E-state index is 8.77. The van der Waals surface area contributed by atoms with Gasteiger partial charge in [0.25, 0.3) is 0 Å². The fraction of sp³-hybridized carbons (Fsp3) is 0.158. The predicted molar refractivity (Wildman–Crippen MR) is 222 cm³/mol. The average Bonchev–Trinajstić information content (AvgIpc) is 3.21. The minimum absolute atomic E-state index is 0.222. The molecule has 0 saturated heterocycles. The van der Waals surface area contributed by atoms with E-state index in [0.29, 0.717) is 58.6 Å². The van der Waals surface area contributed by atoms with E-state index in [0.717, 1.165) is 40.0 Å². The summed E-state index contributed by atoms with van der Waals surface area (Å²) in [5.74, 6) is 3.62. The molecule has 0 aliphatic heterocycles. The zero-order chi connectivity index (χ0) is 40.3. The van der Waals surface area contributed by atoms with Crippen LogP contribution in [0.4, 0.5) is 23.3 Å². The minimum Gasteiger partial charge on any atom is -0.423 e. The summed E-state index contributed by atoms with van der Waals surface area (Å²) in [5.41, 5.74) is 4.35. The van der Waals surface area contributed by atoms with Crippen LogP contribution >= 0.6 is 34.8 Å². The van der Waals surface area contributed by atoms with E-state index in [1.54, 1.807) is 67.1 Å². The molecule has 0 amide bonds. The molecule has 2 aromatic carbocycles. The van der Waals surface area contributed by atoms with Crippen LogP contribution in [-0.4, -0.2) is 73.2 Å². The van der Waals surface area contributed by atoms with Crippen LogP contribution in [0.2, 0.25) is 15.3 Å². The molecule has 0 aliphatic carbocycles. The average molecular weight is 810 g/mol. The monoisotopic (exact) mass is 808 g/mol. The zero-order valence-electron chi connectivity index (χ0n) is 30.2. The third-order valence-electron chi connectivity index (χ3n) is 7.42. The van der Waals surface area contributed by atoms with Crippen LogP contribution in [0.25, 0.3) is 11.4 Å². The third-order valence-corrected chi connectivity index (χ3v) is 8.10. The fourth-order valence-electron chi connectivity index (χ4n) is 4.47. The van der Waals surface area contributed by atoms with E-state index in [9.17, 15) is 0 Å². The summed E-state index contributed by atoms with van der Waals surface area (Å²) >= 11 is 17.2. The Hall–Kier alpha value is -6.07. The van der Waals surface area contributed by atoms with Crippen molar-refractivity contribution >= 4 is 70.7 Å². The predicted octanol–water partition coefficient (Wildman–Crippen LogP) is 6.15. The zero-order valence-corrected chi connectivity index (χ0v) is 32.5. The molecule has 4 aromatic heterocycles. The van der Waals surface area contributed by atoms with Gasteiger partial charge in [0.05, 0.1) is 11.1 Å². The van der Waals surface area contributed by atoms with Crippen LogP contribution in [0.1, 0.15) is 22.3 Å². The summed E-state index contributed by atoms with van der Waals surface area (Å²) in [6.45, 7) is 6.53. The Labute approximate surface area is 339 Å². The quantitative estimate of drug-likeness (QED) is 0.0465. The van der Waals surface area contributed by atoms with Gasteiger partial charge in [-0.2, -0.15) is 10.5 Å². The molecule has 284 valence electrons. The molecule has 0 atom stereocenters. The van der Waals surface area contributed by atoms with E-state index in [-0.39, 0.29) is 5.28 Å². The van der Waals surface area contributed by atoms with Gasteiger partial charge in [0.15, 0.2) is 5.82 Å². The number of benzene rings is 2. The second kappa shape index (κ2) is 22.3. The van der Waals surface area contributed by atoms with E-state index in [1.807, 2.05) is 50.3 Å². The molecule has 0 spiro atoms. The molecule has 0 radical (unpaired) electrons. The van der Waals surface area contributed by atoms with Crippen molar-refractivity contribution in [3.8, 4) is 23.5 Å². The number of aromatic nitrogens is 6. The number of aryl methyl sites for hydroxylation is 2. The van der Waals surface area contributed by atoms with Crippen LogP contribution in [-0.2, 0) is 0 Å². The molecule has 18 heteroatoms. The molecular formula is C38H36BCl3N12O2. The summed E-state index contributed by atoms with van der Waals surface area (Å²) in [6.07, 6.45) is 6.55. The largest absolute Gasteiger partial charge is 0.488 e. The molecule has 6 aromatic rings. The molecule has 14 nitrogen and oxygen atoms in total. The highest BCUT2D eigenvalue weighted by molar-refractivity contribution is 6.58. The van der Waals surface area contributed by atoms with Gasteiger partial charge in [0.2, 0.25) is 5.28 Å². The molecule has 0 saturated carbocycles. The van der Waals surface area contributed by atoms with Crippen LogP contribution in [0.15, 0.2) is 97.6 Å². The second-order valence-corrected chi connectivity index (χ2v) is 12.8. The molecular weight excluding hydrogens is 774 g/mol. The number of nitrogens with one attached hydrogen (secondary N) is 4. The number of rotatable bonds is 12. The summed E-state index contributed by atoms with van der Waals surface area (Å²) in [4.78, 5) is 25.3. The van der Waals surface area contributed by atoms with E-state index >= 15 is 0 Å². The smallest absolute Gasteiger partial charge is 0.423 e. The Kier molecular flexibility index (Phi) is 17.0. The van der Waals surface area contributed by atoms with Crippen molar-refractivity contribution in [1.29, 1.82) is 10.5 Å². The fourth-order valence-corrected chi connectivity index (χ4v) is 4.85. The molecule has 0 unspecified atom stereocenters. The highest BCUT2D eigenvalue weighted by Crippen LogP contribution is 2.21. The van der Waals surface area contributed by atoms with Crippen molar-refractivity contribution in [3.05, 3.63) is 135 Å². The Morgan fingerprint density at radius 1 is 0.571 bits per heavy atom. The molecule has 6 rings (SSSR count). The Morgan fingerprint density at radius 2 is 1.04 bits per heavy atom. The number of halogens is 3. The van der Waals surface area contributed by atoms with E-state index in [1.165, 1.54) is 6.20 Å². The molecule has 0 fully saturated rings. The molecule has 4 heterocycles. The first kappa shape index (κ1) is 42.7. The summed E-state index contributed by atoms with van der Waals surface area (Å²) in [5, 5.41) is 49.0. The number of nitriles is 2. The number of anilines is 4. The lowest BCUT2D eigenvalue weighted by atomic mass is 9.81. The summed E-state index contributed by atoms with van der Waals surface area (Å²) in [6, 6.07) is 24.9. The maximum Gasteiger partial charge on any atom is 0.488 e. The molecule has 0 aliphatic rings. The standard InChI is InChI=1S/C19H17ClN6.C13H13ClN6.C6H6BClO2/c1-13-11-25-19(15-3-5-16(20)6-4-15)26-18(13)23-9-8-22-17-7-2-14(10-21)12-24-17;1-9-7-19-13(14)20-12(9)17-5-4-16-11-3-2-10(6-15)8-18-11;8-6-3-1-5(2-4-6)7(9)10/h2-7,11-12H,8-9H2,1H3,(H,22,24)(H,23,25,26);2-3,7-8H,4-5H2,1H3,(H,16,18)(H,17,19,20);1-4,9-10H. The van der Waals surface area contributed by atoms with Crippen molar-refractivity contribution in [3.63, 3.8) is 0 Å². The highest BCUT2D eigenvalue weighted by Gasteiger charge is 2.09. The van der Waals surface area contributed by atoms with Gasteiger partial charge in [-0.15, -0.1) is 0 Å². The van der Waals surface area contributed by atoms with Crippen LogP contribution < -0.4 is 26.7 Å². The lowest BCUT2D eigenvalue weighted by molar-refractivity contribution is 0.426. The SMILES string of the molecule is Cc1cnc(-c2ccc(Cl)cc2)nc1NCCNc1ccc(C#N)cn1.Cc1cnc(Cl)nc1NCCNc1ccc(C#N)cn1.OB(O)c1ccc(Cl)cc1. The molecule has 56 heavy (non-hydrogen) atoms. The number of nitrogens with zero attached hydrogens (tertiary/aromatic N) is 8. The van der Waals surface area contributed by atoms with Crippen molar-refractivity contribution in [2.24, 2.45) is 0 Å². The highest BCUT2D eigenvalue weighted by atomic mass is 35.5. The van der Waals surface area contributed by atoms with E-state index in [2.05, 4.69) is 51.2 Å². The second-order valence-electron chi connectivity index (χ2n) is 11.6. The first-order chi connectivity index (χ1) is 27.0. The number of pyridine rings is 2. The van der Waals surface area contributed by atoms with Gasteiger partial charge < -0.3 is 31.3 Å². The van der Waals surface area contributed by atoms with E-state index in [4.69, 9.17) is 55.4 Å². The Bertz CT molecular complexity index is 2220. The van der Waals surface area contributed by atoms with Crippen LogP contribution in [0, 0.1) is 36.5 Å². The summed E-state index contributed by atoms with van der Waals surface area (Å²) < 4.78 is 0. The van der Waals surface area contributed by atoms with Crippen molar-refractivity contribution < 1.29 is 10.0 Å². The number of hydrogen-bond acceptors (Lipinski definition) is 14. The third kappa shape index (κ3) is 14.3. The van der Waals surface area contributed by atoms with Gasteiger partial charge in [-0.25, -0.2) is 29.9 Å². The maximum atomic E-state index is 8.77. The minimum atomic E-state index is -1.41. The first-order valence-electron chi connectivity index (χ1n) is 16.9. The topological polar surface area (TPSA) is 213 Å². The lowest BCUT2D eigenvalue weighted by Crippen LogP contribution is -2.29. The number of hydrogen-bond donors (Lipinski definition) is 6. The first-order valence-corrected chi connectivity index (χ1v) is 18.1. The van der Waals surface area contributed by atoms with Crippen LogP contribution in [0.3, 0.4) is 0 Å².